The van der Waals surface area contributed by atoms with Crippen molar-refractivity contribution in [2.45, 2.75) is 26.4 Å². The molecular formula is C19H22N2O3. The van der Waals surface area contributed by atoms with Crippen LogP contribution in [-0.2, 0) is 11.3 Å². The fraction of sp³-hybridized carbons (Fsp3) is 0.263. The molecule has 0 aliphatic rings. The molecule has 2 aromatic carbocycles. The first-order valence-corrected chi connectivity index (χ1v) is 7.94. The van der Waals surface area contributed by atoms with E-state index in [1.165, 1.54) is 12.5 Å². The van der Waals surface area contributed by atoms with E-state index in [1.54, 1.807) is 12.1 Å². The van der Waals surface area contributed by atoms with E-state index < -0.39 is 12.0 Å². The minimum Gasteiger partial charge on any atom is -0.480 e. The summed E-state index contributed by atoms with van der Waals surface area (Å²) in [7, 11) is 0. The number of rotatable bonds is 7. The smallest absolute Gasteiger partial charge is 0.325 e. The summed E-state index contributed by atoms with van der Waals surface area (Å²) in [4.78, 5) is 25.0. The van der Waals surface area contributed by atoms with Crippen LogP contribution in [0, 0.1) is 0 Å². The van der Waals surface area contributed by atoms with Crippen LogP contribution in [0.5, 0.6) is 0 Å². The maximum Gasteiger partial charge on any atom is 0.325 e. The van der Waals surface area contributed by atoms with Crippen molar-refractivity contribution in [3.05, 3.63) is 65.7 Å². The van der Waals surface area contributed by atoms with Crippen molar-refractivity contribution < 1.29 is 14.7 Å². The highest BCUT2D eigenvalue weighted by molar-refractivity contribution is 5.96. The molecule has 2 rings (SSSR count). The van der Waals surface area contributed by atoms with Gasteiger partial charge in [-0.15, -0.1) is 0 Å². The van der Waals surface area contributed by atoms with Crippen LogP contribution in [0.15, 0.2) is 54.6 Å². The minimum absolute atomic E-state index is 0.387. The maximum atomic E-state index is 12.0. The van der Waals surface area contributed by atoms with E-state index in [9.17, 15) is 9.59 Å². The highest BCUT2D eigenvalue weighted by Crippen LogP contribution is 2.18. The molecule has 1 atom stereocenters. The summed E-state index contributed by atoms with van der Waals surface area (Å²) in [6, 6.07) is 16.5. The number of anilines is 1. The number of benzene rings is 2. The van der Waals surface area contributed by atoms with Crippen LogP contribution in [0.2, 0.25) is 0 Å². The zero-order valence-corrected chi connectivity index (χ0v) is 13.9. The molecule has 0 radical (unpaired) electrons. The Hall–Kier alpha value is -2.82. The lowest BCUT2D eigenvalue weighted by molar-refractivity contribution is -0.138. The Morgan fingerprint density at radius 3 is 2.25 bits per heavy atom. The van der Waals surface area contributed by atoms with E-state index in [-0.39, 0.29) is 5.91 Å². The van der Waals surface area contributed by atoms with E-state index in [0.717, 1.165) is 18.8 Å². The van der Waals surface area contributed by atoms with E-state index in [0.29, 0.717) is 5.56 Å². The number of hydrogen-bond donors (Lipinski definition) is 2. The molecule has 0 fully saturated rings. The summed E-state index contributed by atoms with van der Waals surface area (Å²) in [6.07, 6.45) is 0. The molecule has 0 aromatic heterocycles. The van der Waals surface area contributed by atoms with Gasteiger partial charge in [0.15, 0.2) is 0 Å². The summed E-state index contributed by atoms with van der Waals surface area (Å²) in [5, 5.41) is 11.3. The highest BCUT2D eigenvalue weighted by Gasteiger charge is 2.15. The van der Waals surface area contributed by atoms with Crippen LogP contribution in [0.1, 0.15) is 29.8 Å². The van der Waals surface area contributed by atoms with Gasteiger partial charge in [0.25, 0.3) is 5.91 Å². The van der Waals surface area contributed by atoms with Gasteiger partial charge in [-0.25, -0.2) is 0 Å². The molecule has 1 amide bonds. The summed E-state index contributed by atoms with van der Waals surface area (Å²) in [6.45, 7) is 5.15. The lowest BCUT2D eigenvalue weighted by atomic mass is 10.1. The Morgan fingerprint density at radius 1 is 1.08 bits per heavy atom. The zero-order valence-electron chi connectivity index (χ0n) is 13.9. The molecule has 2 N–H and O–H groups in total. The van der Waals surface area contributed by atoms with Gasteiger partial charge in [-0.3, -0.25) is 9.59 Å². The first-order chi connectivity index (χ1) is 11.5. The molecular weight excluding hydrogens is 304 g/mol. The second kappa shape index (κ2) is 8.15. The van der Waals surface area contributed by atoms with Crippen molar-refractivity contribution in [1.29, 1.82) is 0 Å². The van der Waals surface area contributed by atoms with Gasteiger partial charge >= 0.3 is 5.97 Å². The molecule has 5 heteroatoms. The number of nitrogens with zero attached hydrogens (tertiary/aromatic N) is 1. The van der Waals surface area contributed by atoms with Crippen molar-refractivity contribution >= 4 is 17.6 Å². The normalized spacial score (nSPS) is 11.6. The maximum absolute atomic E-state index is 12.0. The third-order valence-electron chi connectivity index (χ3n) is 3.81. The Labute approximate surface area is 141 Å². The first-order valence-electron chi connectivity index (χ1n) is 7.94. The SMILES string of the molecule is CCN(Cc1ccccc1)c1ccc(C(=O)N[C@@H](C)C(=O)O)cc1. The monoisotopic (exact) mass is 326 g/mol. The largest absolute Gasteiger partial charge is 0.480 e. The summed E-state index contributed by atoms with van der Waals surface area (Å²) in [5.41, 5.74) is 2.68. The standard InChI is InChI=1S/C19H22N2O3/c1-3-21(13-15-7-5-4-6-8-15)17-11-9-16(10-12-17)18(22)20-14(2)19(23)24/h4-12,14H,3,13H2,1-2H3,(H,20,22)(H,23,24)/t14-/m0/s1. The Bertz CT molecular complexity index is 684. The number of hydrogen-bond acceptors (Lipinski definition) is 3. The number of nitrogens with one attached hydrogen (secondary N) is 1. The molecule has 0 spiro atoms. The minimum atomic E-state index is -1.06. The fourth-order valence-electron chi connectivity index (χ4n) is 2.35. The second-order valence-corrected chi connectivity index (χ2v) is 5.58. The predicted molar refractivity (Wildman–Crippen MR) is 94.2 cm³/mol. The van der Waals surface area contributed by atoms with E-state index in [2.05, 4.69) is 29.3 Å². The molecule has 0 unspecified atom stereocenters. The van der Waals surface area contributed by atoms with Gasteiger partial charge in [0, 0.05) is 24.3 Å². The number of carbonyl (C=O) groups is 2. The predicted octanol–water partition coefficient (Wildman–Crippen LogP) is 2.92. The number of amides is 1. The fourth-order valence-corrected chi connectivity index (χ4v) is 2.35. The van der Waals surface area contributed by atoms with Crippen LogP contribution in [0.3, 0.4) is 0 Å². The van der Waals surface area contributed by atoms with Crippen molar-refractivity contribution in [3.63, 3.8) is 0 Å². The Balaban J connectivity index is 2.07. The van der Waals surface area contributed by atoms with Gasteiger partial charge in [-0.1, -0.05) is 30.3 Å². The van der Waals surface area contributed by atoms with Gasteiger partial charge in [0.1, 0.15) is 6.04 Å². The van der Waals surface area contributed by atoms with E-state index >= 15 is 0 Å². The average molecular weight is 326 g/mol. The number of carboxylic acid groups (broad SMARTS) is 1. The molecule has 2 aromatic rings. The van der Waals surface area contributed by atoms with Gasteiger partial charge in [-0.2, -0.15) is 0 Å². The van der Waals surface area contributed by atoms with Crippen LogP contribution in [0.25, 0.3) is 0 Å². The quantitative estimate of drug-likeness (QED) is 0.821. The third kappa shape index (κ3) is 4.59. The van der Waals surface area contributed by atoms with Crippen molar-refractivity contribution in [2.75, 3.05) is 11.4 Å². The molecule has 126 valence electrons. The van der Waals surface area contributed by atoms with Gasteiger partial charge in [-0.05, 0) is 43.7 Å². The van der Waals surface area contributed by atoms with Crippen LogP contribution < -0.4 is 10.2 Å². The number of aliphatic carboxylic acids is 1. The molecule has 0 saturated carbocycles. The Morgan fingerprint density at radius 2 is 1.71 bits per heavy atom. The lowest BCUT2D eigenvalue weighted by Crippen LogP contribution is -2.38. The zero-order chi connectivity index (χ0) is 17.5. The van der Waals surface area contributed by atoms with Gasteiger partial charge in [0.2, 0.25) is 0 Å². The second-order valence-electron chi connectivity index (χ2n) is 5.58. The third-order valence-corrected chi connectivity index (χ3v) is 3.81. The average Bonchev–Trinajstić information content (AvgIpc) is 2.60. The van der Waals surface area contributed by atoms with Crippen LogP contribution in [-0.4, -0.2) is 29.6 Å². The van der Waals surface area contributed by atoms with E-state index in [1.807, 2.05) is 30.3 Å². The summed E-state index contributed by atoms with van der Waals surface area (Å²) < 4.78 is 0. The topological polar surface area (TPSA) is 69.6 Å². The molecule has 0 aliphatic carbocycles. The van der Waals surface area contributed by atoms with Gasteiger partial charge < -0.3 is 15.3 Å². The summed E-state index contributed by atoms with van der Waals surface area (Å²) >= 11 is 0. The molecule has 0 bridgehead atoms. The van der Waals surface area contributed by atoms with Crippen molar-refractivity contribution in [3.8, 4) is 0 Å². The molecule has 0 saturated heterocycles. The first kappa shape index (κ1) is 17.5. The van der Waals surface area contributed by atoms with Crippen molar-refractivity contribution in [1.82, 2.24) is 5.32 Å². The van der Waals surface area contributed by atoms with Crippen LogP contribution in [0.4, 0.5) is 5.69 Å². The molecule has 0 aliphatic heterocycles. The van der Waals surface area contributed by atoms with Crippen LogP contribution >= 0.6 is 0 Å². The lowest BCUT2D eigenvalue weighted by Gasteiger charge is -2.23. The molecule has 5 nitrogen and oxygen atoms in total. The number of carboxylic acids is 1. The number of carbonyl (C=O) groups excluding carboxylic acids is 1. The molecule has 0 heterocycles. The molecule has 24 heavy (non-hydrogen) atoms. The highest BCUT2D eigenvalue weighted by atomic mass is 16.4. The van der Waals surface area contributed by atoms with E-state index in [4.69, 9.17) is 5.11 Å². The Kier molecular flexibility index (Phi) is 5.95. The van der Waals surface area contributed by atoms with Crippen molar-refractivity contribution in [2.24, 2.45) is 0 Å². The van der Waals surface area contributed by atoms with Gasteiger partial charge in [0.05, 0.1) is 0 Å². The summed E-state index contributed by atoms with van der Waals surface area (Å²) in [5.74, 6) is -1.44.